The molecule has 0 aliphatic heterocycles. The third kappa shape index (κ3) is 3.50. The molecule has 0 radical (unpaired) electrons. The standard InChI is InChI=1S/C16H16Cl2O/c1-10-4-3-5-11(2)15(10)9-16(19)12-6-13(17)8-14(18)7-12/h3-8,16,19H,9H2,1-2H3. The van der Waals surface area contributed by atoms with Gasteiger partial charge in [0.1, 0.15) is 0 Å². The van der Waals surface area contributed by atoms with E-state index in [1.54, 1.807) is 18.2 Å². The molecule has 19 heavy (non-hydrogen) atoms. The lowest BCUT2D eigenvalue weighted by Crippen LogP contribution is -2.05. The molecule has 0 aliphatic rings. The average molecular weight is 295 g/mol. The number of rotatable bonds is 3. The Labute approximate surface area is 123 Å². The van der Waals surface area contributed by atoms with Gasteiger partial charge in [0.05, 0.1) is 6.10 Å². The Morgan fingerprint density at radius 1 is 1.00 bits per heavy atom. The Kier molecular flexibility index (Phi) is 4.51. The SMILES string of the molecule is Cc1cccc(C)c1CC(O)c1cc(Cl)cc(Cl)c1. The van der Waals surface area contributed by atoms with E-state index in [0.717, 1.165) is 5.56 Å². The Hall–Kier alpha value is -1.02. The van der Waals surface area contributed by atoms with Crippen molar-refractivity contribution in [2.45, 2.75) is 26.4 Å². The van der Waals surface area contributed by atoms with Crippen molar-refractivity contribution in [2.24, 2.45) is 0 Å². The average Bonchev–Trinajstić information content (AvgIpc) is 2.32. The van der Waals surface area contributed by atoms with E-state index in [2.05, 4.69) is 26.0 Å². The van der Waals surface area contributed by atoms with Gasteiger partial charge in [-0.05, 0) is 54.3 Å². The summed E-state index contributed by atoms with van der Waals surface area (Å²) in [4.78, 5) is 0. The highest BCUT2D eigenvalue weighted by Gasteiger charge is 2.13. The molecule has 3 heteroatoms. The highest BCUT2D eigenvalue weighted by Crippen LogP contribution is 2.27. The summed E-state index contributed by atoms with van der Waals surface area (Å²) in [6.07, 6.45) is -0.0363. The van der Waals surface area contributed by atoms with Crippen molar-refractivity contribution in [3.8, 4) is 0 Å². The second kappa shape index (κ2) is 5.96. The third-order valence-electron chi connectivity index (χ3n) is 3.31. The molecule has 0 bridgehead atoms. The predicted molar refractivity (Wildman–Crippen MR) is 81.0 cm³/mol. The summed E-state index contributed by atoms with van der Waals surface area (Å²) in [5, 5.41) is 11.4. The first-order valence-electron chi connectivity index (χ1n) is 6.16. The van der Waals surface area contributed by atoms with E-state index in [9.17, 15) is 5.11 Å². The van der Waals surface area contributed by atoms with E-state index in [1.807, 2.05) is 6.07 Å². The van der Waals surface area contributed by atoms with Crippen LogP contribution in [0.25, 0.3) is 0 Å². The van der Waals surface area contributed by atoms with Crippen molar-refractivity contribution in [1.29, 1.82) is 0 Å². The number of benzene rings is 2. The van der Waals surface area contributed by atoms with Crippen molar-refractivity contribution in [3.63, 3.8) is 0 Å². The van der Waals surface area contributed by atoms with Crippen LogP contribution in [0.5, 0.6) is 0 Å². The highest BCUT2D eigenvalue weighted by atomic mass is 35.5. The number of halogens is 2. The Morgan fingerprint density at radius 2 is 1.53 bits per heavy atom. The van der Waals surface area contributed by atoms with Crippen LogP contribution in [-0.2, 0) is 6.42 Å². The molecule has 0 fully saturated rings. The Bertz CT molecular complexity index is 553. The highest BCUT2D eigenvalue weighted by molar-refractivity contribution is 6.34. The quantitative estimate of drug-likeness (QED) is 0.855. The van der Waals surface area contributed by atoms with Crippen LogP contribution in [0.2, 0.25) is 10.0 Å². The van der Waals surface area contributed by atoms with Gasteiger partial charge >= 0.3 is 0 Å². The molecule has 0 spiro atoms. The molecule has 100 valence electrons. The van der Waals surface area contributed by atoms with Gasteiger partial charge < -0.3 is 5.11 Å². The van der Waals surface area contributed by atoms with Crippen LogP contribution < -0.4 is 0 Å². The van der Waals surface area contributed by atoms with Crippen LogP contribution in [-0.4, -0.2) is 5.11 Å². The van der Waals surface area contributed by atoms with Gasteiger partial charge in [-0.1, -0.05) is 41.4 Å². The molecule has 1 nitrogen and oxygen atoms in total. The van der Waals surface area contributed by atoms with Crippen LogP contribution in [0.3, 0.4) is 0 Å². The molecule has 1 atom stereocenters. The van der Waals surface area contributed by atoms with Gasteiger partial charge in [-0.3, -0.25) is 0 Å². The summed E-state index contributed by atoms with van der Waals surface area (Å²) < 4.78 is 0. The van der Waals surface area contributed by atoms with Gasteiger partial charge in [-0.25, -0.2) is 0 Å². The smallest absolute Gasteiger partial charge is 0.0831 e. The monoisotopic (exact) mass is 294 g/mol. The number of aliphatic hydroxyl groups is 1. The van der Waals surface area contributed by atoms with Crippen LogP contribution >= 0.6 is 23.2 Å². The zero-order valence-corrected chi connectivity index (χ0v) is 12.5. The normalized spacial score (nSPS) is 12.5. The van der Waals surface area contributed by atoms with Crippen molar-refractivity contribution < 1.29 is 5.11 Å². The molecule has 0 saturated carbocycles. The molecule has 2 aromatic carbocycles. The van der Waals surface area contributed by atoms with Crippen molar-refractivity contribution in [2.75, 3.05) is 0 Å². The maximum Gasteiger partial charge on any atom is 0.0831 e. The summed E-state index contributed by atoms with van der Waals surface area (Å²) in [5.41, 5.74) is 4.30. The summed E-state index contributed by atoms with van der Waals surface area (Å²) in [6.45, 7) is 4.11. The number of aryl methyl sites for hydroxylation is 2. The molecule has 0 amide bonds. The van der Waals surface area contributed by atoms with E-state index >= 15 is 0 Å². The lowest BCUT2D eigenvalue weighted by Gasteiger charge is -2.15. The van der Waals surface area contributed by atoms with Gasteiger partial charge in [-0.15, -0.1) is 0 Å². The fraction of sp³-hybridized carbons (Fsp3) is 0.250. The van der Waals surface area contributed by atoms with Gasteiger partial charge in [0.25, 0.3) is 0 Å². The summed E-state index contributed by atoms with van der Waals surface area (Å²) >= 11 is 11.9. The van der Waals surface area contributed by atoms with Crippen molar-refractivity contribution in [3.05, 3.63) is 68.7 Å². The lowest BCUT2D eigenvalue weighted by molar-refractivity contribution is 0.178. The fourth-order valence-corrected chi connectivity index (χ4v) is 2.79. The second-order valence-electron chi connectivity index (χ2n) is 4.79. The number of hydrogen-bond donors (Lipinski definition) is 1. The minimum atomic E-state index is -0.601. The first-order valence-corrected chi connectivity index (χ1v) is 6.92. The molecule has 1 N–H and O–H groups in total. The van der Waals surface area contributed by atoms with Crippen LogP contribution in [0, 0.1) is 13.8 Å². The van der Waals surface area contributed by atoms with Crippen molar-refractivity contribution in [1.82, 2.24) is 0 Å². The zero-order valence-electron chi connectivity index (χ0n) is 11.0. The molecule has 2 aromatic rings. The molecule has 0 aromatic heterocycles. The molecule has 1 unspecified atom stereocenters. The fourth-order valence-electron chi connectivity index (χ4n) is 2.25. The first kappa shape index (κ1) is 14.4. The largest absolute Gasteiger partial charge is 0.388 e. The topological polar surface area (TPSA) is 20.2 Å². The number of aliphatic hydroxyl groups excluding tert-OH is 1. The molecule has 0 aliphatic carbocycles. The lowest BCUT2D eigenvalue weighted by atomic mass is 9.94. The predicted octanol–water partition coefficient (Wildman–Crippen LogP) is 4.89. The van der Waals surface area contributed by atoms with E-state index in [4.69, 9.17) is 23.2 Å². The van der Waals surface area contributed by atoms with Gasteiger partial charge in [0.2, 0.25) is 0 Å². The van der Waals surface area contributed by atoms with E-state index in [-0.39, 0.29) is 0 Å². The second-order valence-corrected chi connectivity index (χ2v) is 5.67. The molecule has 2 rings (SSSR count). The first-order chi connectivity index (χ1) is 8.97. The van der Waals surface area contributed by atoms with E-state index in [0.29, 0.717) is 16.5 Å². The molecular formula is C16H16Cl2O. The van der Waals surface area contributed by atoms with E-state index < -0.39 is 6.10 Å². The molecule has 0 saturated heterocycles. The maximum atomic E-state index is 10.4. The van der Waals surface area contributed by atoms with Crippen LogP contribution in [0.15, 0.2) is 36.4 Å². The summed E-state index contributed by atoms with van der Waals surface area (Å²) in [5.74, 6) is 0. The Morgan fingerprint density at radius 3 is 2.05 bits per heavy atom. The van der Waals surface area contributed by atoms with Crippen molar-refractivity contribution >= 4 is 23.2 Å². The van der Waals surface area contributed by atoms with Gasteiger partial charge in [-0.2, -0.15) is 0 Å². The minimum Gasteiger partial charge on any atom is -0.388 e. The zero-order chi connectivity index (χ0) is 14.0. The summed E-state index contributed by atoms with van der Waals surface area (Å²) in [6, 6.07) is 11.3. The van der Waals surface area contributed by atoms with Gasteiger partial charge in [0, 0.05) is 16.5 Å². The Balaban J connectivity index is 2.28. The maximum absolute atomic E-state index is 10.4. The molecular weight excluding hydrogens is 279 g/mol. The van der Waals surface area contributed by atoms with Crippen LogP contribution in [0.4, 0.5) is 0 Å². The van der Waals surface area contributed by atoms with Crippen LogP contribution in [0.1, 0.15) is 28.4 Å². The van der Waals surface area contributed by atoms with Gasteiger partial charge in [0.15, 0.2) is 0 Å². The number of hydrogen-bond acceptors (Lipinski definition) is 1. The summed E-state index contributed by atoms with van der Waals surface area (Å²) in [7, 11) is 0. The minimum absolute atomic E-state index is 0.544. The third-order valence-corrected chi connectivity index (χ3v) is 3.75. The van der Waals surface area contributed by atoms with E-state index in [1.165, 1.54) is 16.7 Å². The molecule has 0 heterocycles.